The monoisotopic (exact) mass is 373 g/mol. The first-order valence-electron chi connectivity index (χ1n) is 6.86. The predicted molar refractivity (Wildman–Crippen MR) is 98.3 cm³/mol. The SMILES string of the molecule is COc1ccc(NC(=O)[C@H](C)N)cc1OCc1ccncc1.Cl.Cl. The van der Waals surface area contributed by atoms with E-state index in [9.17, 15) is 4.79 Å². The van der Waals surface area contributed by atoms with Crippen LogP contribution < -0.4 is 20.5 Å². The third kappa shape index (κ3) is 6.23. The Morgan fingerprint density at radius 1 is 1.21 bits per heavy atom. The maximum absolute atomic E-state index is 11.6. The van der Waals surface area contributed by atoms with Crippen molar-refractivity contribution in [2.45, 2.75) is 19.6 Å². The molecule has 2 rings (SSSR count). The summed E-state index contributed by atoms with van der Waals surface area (Å²) in [6, 6.07) is 8.34. The molecule has 3 N–H and O–H groups in total. The number of halogens is 2. The number of pyridine rings is 1. The molecule has 0 unspecified atom stereocenters. The topological polar surface area (TPSA) is 86.5 Å². The Bertz CT molecular complexity index is 640. The van der Waals surface area contributed by atoms with E-state index in [-0.39, 0.29) is 30.7 Å². The number of amides is 1. The van der Waals surface area contributed by atoms with Gasteiger partial charge in [0.2, 0.25) is 5.91 Å². The first-order chi connectivity index (χ1) is 10.6. The molecule has 24 heavy (non-hydrogen) atoms. The van der Waals surface area contributed by atoms with Crippen molar-refractivity contribution in [2.75, 3.05) is 12.4 Å². The van der Waals surface area contributed by atoms with Crippen molar-refractivity contribution in [3.05, 3.63) is 48.3 Å². The largest absolute Gasteiger partial charge is 0.493 e. The van der Waals surface area contributed by atoms with E-state index in [4.69, 9.17) is 15.2 Å². The summed E-state index contributed by atoms with van der Waals surface area (Å²) in [5.74, 6) is 0.875. The van der Waals surface area contributed by atoms with Crippen molar-refractivity contribution in [3.8, 4) is 11.5 Å². The number of benzene rings is 1. The van der Waals surface area contributed by atoms with E-state index < -0.39 is 6.04 Å². The van der Waals surface area contributed by atoms with Crippen LogP contribution in [0, 0.1) is 0 Å². The second kappa shape index (κ2) is 10.7. The molecule has 0 aliphatic rings. The molecule has 0 saturated carbocycles. The van der Waals surface area contributed by atoms with Gasteiger partial charge in [0.25, 0.3) is 0 Å². The summed E-state index contributed by atoms with van der Waals surface area (Å²) in [5.41, 5.74) is 7.13. The van der Waals surface area contributed by atoms with Crippen molar-refractivity contribution < 1.29 is 14.3 Å². The zero-order chi connectivity index (χ0) is 15.9. The van der Waals surface area contributed by atoms with Crippen molar-refractivity contribution in [1.82, 2.24) is 4.98 Å². The Morgan fingerprint density at radius 2 is 1.88 bits per heavy atom. The van der Waals surface area contributed by atoms with Gasteiger partial charge >= 0.3 is 0 Å². The molecular formula is C16H21Cl2N3O3. The molecule has 132 valence electrons. The molecule has 1 heterocycles. The van der Waals surface area contributed by atoms with Gasteiger partial charge in [-0.2, -0.15) is 0 Å². The summed E-state index contributed by atoms with van der Waals surface area (Å²) >= 11 is 0. The molecule has 1 aromatic carbocycles. The minimum atomic E-state index is -0.580. The van der Waals surface area contributed by atoms with Gasteiger partial charge in [0, 0.05) is 24.1 Å². The number of nitrogens with zero attached hydrogens (tertiary/aromatic N) is 1. The summed E-state index contributed by atoms with van der Waals surface area (Å²) in [5, 5.41) is 2.72. The Hall–Kier alpha value is -2.02. The summed E-state index contributed by atoms with van der Waals surface area (Å²) in [4.78, 5) is 15.6. The van der Waals surface area contributed by atoms with Crippen LogP contribution in [-0.2, 0) is 11.4 Å². The number of ether oxygens (including phenoxy) is 2. The second-order valence-corrected chi connectivity index (χ2v) is 4.79. The number of rotatable bonds is 6. The fourth-order valence-corrected chi connectivity index (χ4v) is 1.76. The van der Waals surface area contributed by atoms with Gasteiger partial charge in [-0.1, -0.05) is 0 Å². The lowest BCUT2D eigenvalue weighted by molar-refractivity contribution is -0.117. The van der Waals surface area contributed by atoms with Gasteiger partial charge < -0.3 is 20.5 Å². The summed E-state index contributed by atoms with van der Waals surface area (Å²) in [7, 11) is 1.56. The normalized spacial score (nSPS) is 10.6. The Morgan fingerprint density at radius 3 is 2.46 bits per heavy atom. The number of carbonyl (C=O) groups is 1. The average Bonchev–Trinajstić information content (AvgIpc) is 2.54. The molecule has 0 aliphatic carbocycles. The molecular weight excluding hydrogens is 353 g/mol. The number of anilines is 1. The highest BCUT2D eigenvalue weighted by Crippen LogP contribution is 2.30. The van der Waals surface area contributed by atoms with E-state index >= 15 is 0 Å². The van der Waals surface area contributed by atoms with Crippen LogP contribution in [0.2, 0.25) is 0 Å². The minimum Gasteiger partial charge on any atom is -0.493 e. The maximum Gasteiger partial charge on any atom is 0.241 e. The van der Waals surface area contributed by atoms with Crippen molar-refractivity contribution in [3.63, 3.8) is 0 Å². The Kier molecular flexibility index (Phi) is 9.80. The molecule has 0 saturated heterocycles. The maximum atomic E-state index is 11.6. The van der Waals surface area contributed by atoms with Crippen LogP contribution in [0.5, 0.6) is 11.5 Å². The fraction of sp³-hybridized carbons (Fsp3) is 0.250. The molecule has 0 fully saturated rings. The minimum absolute atomic E-state index is 0. The molecule has 6 nitrogen and oxygen atoms in total. The molecule has 0 spiro atoms. The van der Waals surface area contributed by atoms with Crippen LogP contribution in [0.15, 0.2) is 42.7 Å². The van der Waals surface area contributed by atoms with Crippen LogP contribution in [0.3, 0.4) is 0 Å². The van der Waals surface area contributed by atoms with E-state index in [0.717, 1.165) is 5.56 Å². The Labute approximate surface area is 153 Å². The van der Waals surface area contributed by atoms with E-state index in [1.807, 2.05) is 12.1 Å². The number of hydrogen-bond donors (Lipinski definition) is 2. The van der Waals surface area contributed by atoms with Gasteiger partial charge in [-0.3, -0.25) is 9.78 Å². The molecule has 0 bridgehead atoms. The number of hydrogen-bond acceptors (Lipinski definition) is 5. The van der Waals surface area contributed by atoms with Gasteiger partial charge in [-0.05, 0) is 36.8 Å². The number of aromatic nitrogens is 1. The lowest BCUT2D eigenvalue weighted by Crippen LogP contribution is -2.32. The standard InChI is InChI=1S/C16H19N3O3.2ClH/c1-11(17)16(20)19-13-3-4-14(21-2)15(9-13)22-10-12-5-7-18-8-6-12;;/h3-9,11H,10,17H2,1-2H3,(H,19,20);2*1H/t11-;;/m0../s1. The fourth-order valence-electron chi connectivity index (χ4n) is 1.76. The lowest BCUT2D eigenvalue weighted by atomic mass is 10.2. The van der Waals surface area contributed by atoms with Crippen LogP contribution in [0.1, 0.15) is 12.5 Å². The van der Waals surface area contributed by atoms with Gasteiger partial charge in [-0.25, -0.2) is 0 Å². The summed E-state index contributed by atoms with van der Waals surface area (Å²) < 4.78 is 11.0. The molecule has 2 aromatic rings. The van der Waals surface area contributed by atoms with E-state index in [2.05, 4.69) is 10.3 Å². The molecule has 0 aliphatic heterocycles. The highest BCUT2D eigenvalue weighted by atomic mass is 35.5. The lowest BCUT2D eigenvalue weighted by Gasteiger charge is -2.13. The smallest absolute Gasteiger partial charge is 0.241 e. The third-order valence-corrected chi connectivity index (χ3v) is 2.99. The first kappa shape index (κ1) is 22.0. The van der Waals surface area contributed by atoms with Crippen LogP contribution in [0.4, 0.5) is 5.69 Å². The zero-order valence-electron chi connectivity index (χ0n) is 13.4. The predicted octanol–water partition coefficient (Wildman–Crippen LogP) is 2.80. The van der Waals surface area contributed by atoms with Crippen molar-refractivity contribution >= 4 is 36.4 Å². The van der Waals surface area contributed by atoms with E-state index in [1.165, 1.54) is 0 Å². The third-order valence-electron chi connectivity index (χ3n) is 2.99. The quantitative estimate of drug-likeness (QED) is 0.812. The first-order valence-corrected chi connectivity index (χ1v) is 6.86. The highest BCUT2D eigenvalue weighted by Gasteiger charge is 2.11. The molecule has 1 aromatic heterocycles. The van der Waals surface area contributed by atoms with Gasteiger partial charge in [-0.15, -0.1) is 24.8 Å². The highest BCUT2D eigenvalue weighted by molar-refractivity contribution is 5.94. The van der Waals surface area contributed by atoms with Crippen LogP contribution in [-0.4, -0.2) is 24.0 Å². The average molecular weight is 374 g/mol. The zero-order valence-corrected chi connectivity index (χ0v) is 15.0. The van der Waals surface area contributed by atoms with Crippen molar-refractivity contribution in [2.24, 2.45) is 5.73 Å². The number of nitrogens with two attached hydrogens (primary N) is 1. The summed E-state index contributed by atoms with van der Waals surface area (Å²) in [6.07, 6.45) is 3.41. The molecule has 1 atom stereocenters. The second-order valence-electron chi connectivity index (χ2n) is 4.79. The summed E-state index contributed by atoms with van der Waals surface area (Å²) in [6.45, 7) is 2.00. The number of methoxy groups -OCH3 is 1. The van der Waals surface area contributed by atoms with E-state index in [0.29, 0.717) is 23.8 Å². The molecule has 0 radical (unpaired) electrons. The van der Waals surface area contributed by atoms with Crippen LogP contribution in [0.25, 0.3) is 0 Å². The van der Waals surface area contributed by atoms with Gasteiger partial charge in [0.15, 0.2) is 11.5 Å². The number of carbonyl (C=O) groups excluding carboxylic acids is 1. The molecule has 8 heteroatoms. The number of nitrogens with one attached hydrogen (secondary N) is 1. The van der Waals surface area contributed by atoms with Crippen LogP contribution >= 0.6 is 24.8 Å². The van der Waals surface area contributed by atoms with E-state index in [1.54, 1.807) is 44.6 Å². The molecule has 1 amide bonds. The van der Waals surface area contributed by atoms with Crippen molar-refractivity contribution in [1.29, 1.82) is 0 Å². The Balaban J connectivity index is 0.00000264. The van der Waals surface area contributed by atoms with Gasteiger partial charge in [0.1, 0.15) is 6.61 Å². The van der Waals surface area contributed by atoms with Gasteiger partial charge in [0.05, 0.1) is 13.2 Å².